The van der Waals surface area contributed by atoms with E-state index in [9.17, 15) is 0 Å². The average Bonchev–Trinajstić information content (AvgIpc) is 2.27. The lowest BCUT2D eigenvalue weighted by Gasteiger charge is -2.33. The topological polar surface area (TPSA) is 86.2 Å². The molecule has 5 nitrogen and oxygen atoms in total. The summed E-state index contributed by atoms with van der Waals surface area (Å²) >= 11 is 0. The number of nitrogens with two attached hydrogens (primary N) is 2. The first-order valence-corrected chi connectivity index (χ1v) is 5.79. The maximum absolute atomic E-state index is 5.89. The van der Waals surface area contributed by atoms with E-state index in [1.54, 1.807) is 18.5 Å². The maximum atomic E-state index is 5.89. The van der Waals surface area contributed by atoms with Crippen molar-refractivity contribution in [2.75, 3.05) is 12.3 Å². The van der Waals surface area contributed by atoms with Gasteiger partial charge in [0.2, 0.25) is 0 Å². The van der Waals surface area contributed by atoms with E-state index in [1.165, 1.54) is 0 Å². The lowest BCUT2D eigenvalue weighted by Crippen LogP contribution is -2.52. The Morgan fingerprint density at radius 3 is 2.76 bits per heavy atom. The summed E-state index contributed by atoms with van der Waals surface area (Å²) in [5, 5.41) is 0. The van der Waals surface area contributed by atoms with E-state index in [4.69, 9.17) is 16.3 Å². The van der Waals surface area contributed by atoms with Crippen LogP contribution in [0, 0.1) is 0 Å². The molecule has 1 heterocycles. The summed E-state index contributed by atoms with van der Waals surface area (Å²) in [5.41, 5.74) is 10.0. The Balaban J connectivity index is 2.80. The van der Waals surface area contributed by atoms with Gasteiger partial charge in [0.25, 0.3) is 0 Å². The molecule has 0 saturated heterocycles. The van der Waals surface area contributed by atoms with Crippen molar-refractivity contribution in [1.29, 1.82) is 0 Å². The first-order valence-electron chi connectivity index (χ1n) is 5.79. The molecule has 0 aliphatic rings. The molecule has 17 heavy (non-hydrogen) atoms. The number of anilines is 1. The lowest BCUT2D eigenvalue weighted by molar-refractivity contribution is -0.0380. The van der Waals surface area contributed by atoms with Crippen molar-refractivity contribution in [3.8, 4) is 0 Å². The second-order valence-electron chi connectivity index (χ2n) is 4.53. The van der Waals surface area contributed by atoms with Crippen LogP contribution in [0.15, 0.2) is 18.5 Å². The normalized spacial score (nSPS) is 13.6. The third-order valence-electron chi connectivity index (χ3n) is 2.92. The number of nitrogens with one attached hydrogen (secondary N) is 1. The highest BCUT2D eigenvalue weighted by molar-refractivity contribution is 5.44. The zero-order chi connectivity index (χ0) is 12.9. The monoisotopic (exact) mass is 238 g/mol. The maximum Gasteiger partial charge on any atom is 0.0795 e. The van der Waals surface area contributed by atoms with Crippen molar-refractivity contribution in [3.63, 3.8) is 0 Å². The van der Waals surface area contributed by atoms with Crippen LogP contribution in [0.1, 0.15) is 26.3 Å². The quantitative estimate of drug-likeness (QED) is 0.505. The molecular weight excluding hydrogens is 216 g/mol. The molecule has 1 rings (SSSR count). The molecule has 0 spiro atoms. The highest BCUT2D eigenvalue weighted by Crippen LogP contribution is 2.20. The van der Waals surface area contributed by atoms with Crippen LogP contribution in [-0.4, -0.2) is 23.2 Å². The van der Waals surface area contributed by atoms with Crippen molar-refractivity contribution in [2.45, 2.75) is 38.8 Å². The number of hydrogen-bond donors (Lipinski definition) is 3. The smallest absolute Gasteiger partial charge is 0.0795 e. The minimum Gasteiger partial charge on any atom is -0.398 e. The van der Waals surface area contributed by atoms with E-state index in [-0.39, 0.29) is 11.6 Å². The van der Waals surface area contributed by atoms with Crippen LogP contribution in [-0.2, 0) is 11.2 Å². The second kappa shape index (κ2) is 5.95. The van der Waals surface area contributed by atoms with E-state index in [0.29, 0.717) is 13.0 Å². The summed E-state index contributed by atoms with van der Waals surface area (Å²) in [5.74, 6) is 5.60. The van der Waals surface area contributed by atoms with Crippen molar-refractivity contribution in [2.24, 2.45) is 5.84 Å². The minimum atomic E-state index is -0.355. The fraction of sp³-hybridized carbons (Fsp3) is 0.583. The molecule has 1 aromatic heterocycles. The Labute approximate surface area is 103 Å². The van der Waals surface area contributed by atoms with E-state index in [1.807, 2.05) is 20.8 Å². The van der Waals surface area contributed by atoms with Gasteiger partial charge in [-0.1, -0.05) is 0 Å². The van der Waals surface area contributed by atoms with Crippen LogP contribution in [0.25, 0.3) is 0 Å². The van der Waals surface area contributed by atoms with Gasteiger partial charge in [-0.05, 0) is 38.8 Å². The van der Waals surface area contributed by atoms with Gasteiger partial charge in [-0.2, -0.15) is 0 Å². The molecular formula is C12H22N4O. The molecule has 1 atom stereocenters. The lowest BCUT2D eigenvalue weighted by atomic mass is 9.92. The first kappa shape index (κ1) is 13.9. The molecule has 0 aliphatic carbocycles. The summed E-state index contributed by atoms with van der Waals surface area (Å²) in [7, 11) is 0. The second-order valence-corrected chi connectivity index (χ2v) is 4.53. The van der Waals surface area contributed by atoms with E-state index in [2.05, 4.69) is 10.4 Å². The molecule has 0 aromatic carbocycles. The number of hydrazine groups is 1. The fourth-order valence-corrected chi connectivity index (χ4v) is 1.81. The zero-order valence-electron chi connectivity index (χ0n) is 10.7. The number of hydrogen-bond acceptors (Lipinski definition) is 5. The van der Waals surface area contributed by atoms with Gasteiger partial charge in [-0.25, -0.2) is 0 Å². The highest BCUT2D eigenvalue weighted by atomic mass is 16.5. The van der Waals surface area contributed by atoms with Crippen molar-refractivity contribution < 1.29 is 4.74 Å². The summed E-state index contributed by atoms with van der Waals surface area (Å²) < 4.78 is 5.69. The fourth-order valence-electron chi connectivity index (χ4n) is 1.81. The summed E-state index contributed by atoms with van der Waals surface area (Å²) in [6, 6.07) is 1.77. The molecule has 0 bridgehead atoms. The molecule has 5 N–H and O–H groups in total. The van der Waals surface area contributed by atoms with Gasteiger partial charge in [0.05, 0.1) is 11.6 Å². The third-order valence-corrected chi connectivity index (χ3v) is 2.92. The number of pyridine rings is 1. The Morgan fingerprint density at radius 2 is 2.24 bits per heavy atom. The van der Waals surface area contributed by atoms with Crippen LogP contribution in [0.4, 0.5) is 5.69 Å². The molecule has 0 radical (unpaired) electrons. The Hall–Kier alpha value is -1.17. The Kier molecular flexibility index (Phi) is 4.86. The van der Waals surface area contributed by atoms with Crippen LogP contribution in [0.2, 0.25) is 0 Å². The van der Waals surface area contributed by atoms with Crippen LogP contribution in [0.5, 0.6) is 0 Å². The number of aromatic nitrogens is 1. The first-order chi connectivity index (χ1) is 8.01. The van der Waals surface area contributed by atoms with Crippen molar-refractivity contribution >= 4 is 5.69 Å². The number of ether oxygens (including phenoxy) is 1. The van der Waals surface area contributed by atoms with E-state index < -0.39 is 0 Å². The van der Waals surface area contributed by atoms with Gasteiger partial charge in [0.1, 0.15) is 0 Å². The SMILES string of the molecule is CCOC(C)(C)C(Cc1cnccc1N)NN. The van der Waals surface area contributed by atoms with Crippen molar-refractivity contribution in [3.05, 3.63) is 24.0 Å². The van der Waals surface area contributed by atoms with E-state index >= 15 is 0 Å². The standard InChI is InChI=1S/C12H22N4O/c1-4-17-12(2,3)11(16-14)7-9-8-15-6-5-10(9)13/h5-6,8,11,16H,4,7,14H2,1-3H3,(H2,13,15). The highest BCUT2D eigenvalue weighted by Gasteiger charge is 2.29. The molecule has 0 amide bonds. The summed E-state index contributed by atoms with van der Waals surface area (Å²) in [4.78, 5) is 4.07. The Bertz CT molecular complexity index is 354. The van der Waals surface area contributed by atoms with Crippen LogP contribution >= 0.6 is 0 Å². The summed E-state index contributed by atoms with van der Waals surface area (Å²) in [6.45, 7) is 6.63. The van der Waals surface area contributed by atoms with Gasteiger partial charge in [0, 0.05) is 24.7 Å². The predicted octanol–water partition coefficient (Wildman–Crippen LogP) is 0.853. The zero-order valence-corrected chi connectivity index (χ0v) is 10.7. The van der Waals surface area contributed by atoms with Gasteiger partial charge in [-0.3, -0.25) is 16.3 Å². The van der Waals surface area contributed by atoms with Gasteiger partial charge in [0.15, 0.2) is 0 Å². The molecule has 5 heteroatoms. The largest absolute Gasteiger partial charge is 0.398 e. The number of nitrogens with zero attached hydrogens (tertiary/aromatic N) is 1. The number of nitrogen functional groups attached to an aromatic ring is 1. The Morgan fingerprint density at radius 1 is 1.53 bits per heavy atom. The number of rotatable bonds is 6. The molecule has 0 fully saturated rings. The molecule has 1 aromatic rings. The summed E-state index contributed by atoms with van der Waals surface area (Å²) in [6.07, 6.45) is 4.13. The third kappa shape index (κ3) is 3.66. The predicted molar refractivity (Wildman–Crippen MR) is 69.2 cm³/mol. The molecule has 1 unspecified atom stereocenters. The average molecular weight is 238 g/mol. The van der Waals surface area contributed by atoms with Crippen molar-refractivity contribution in [1.82, 2.24) is 10.4 Å². The molecule has 0 saturated carbocycles. The van der Waals surface area contributed by atoms with Gasteiger partial charge >= 0.3 is 0 Å². The molecule has 0 aliphatic heterocycles. The van der Waals surface area contributed by atoms with Crippen LogP contribution in [0.3, 0.4) is 0 Å². The molecule has 96 valence electrons. The minimum absolute atomic E-state index is 0.0195. The van der Waals surface area contributed by atoms with Gasteiger partial charge < -0.3 is 10.5 Å². The van der Waals surface area contributed by atoms with Crippen LogP contribution < -0.4 is 17.0 Å². The van der Waals surface area contributed by atoms with Gasteiger partial charge in [-0.15, -0.1) is 0 Å². The van der Waals surface area contributed by atoms with E-state index in [0.717, 1.165) is 11.3 Å².